The van der Waals surface area contributed by atoms with Gasteiger partial charge in [-0.1, -0.05) is 0 Å². The van der Waals surface area contributed by atoms with Gasteiger partial charge in [-0.15, -0.1) is 0 Å². The maximum Gasteiger partial charge on any atom is 0.433 e. The van der Waals surface area contributed by atoms with Crippen LogP contribution < -0.4 is 4.90 Å². The van der Waals surface area contributed by atoms with E-state index < -0.39 is 11.9 Å². The Morgan fingerprint density at radius 3 is 2.54 bits per heavy atom. The molecule has 10 heteroatoms. The van der Waals surface area contributed by atoms with E-state index in [1.807, 2.05) is 0 Å². The molecule has 0 saturated carbocycles. The highest BCUT2D eigenvalue weighted by atomic mass is 19.4. The molecule has 3 heterocycles. The number of hydrogen-bond acceptors (Lipinski definition) is 5. The molecular weight excluding hydrogens is 325 g/mol. The molecule has 24 heavy (non-hydrogen) atoms. The van der Waals surface area contributed by atoms with Crippen molar-refractivity contribution in [1.82, 2.24) is 24.6 Å². The van der Waals surface area contributed by atoms with E-state index in [2.05, 4.69) is 15.1 Å². The van der Waals surface area contributed by atoms with Gasteiger partial charge in [-0.3, -0.25) is 9.48 Å². The molecule has 1 amide bonds. The van der Waals surface area contributed by atoms with Crippen LogP contribution in [0, 0.1) is 0 Å². The molecule has 1 aliphatic rings. The Labute approximate surface area is 135 Å². The summed E-state index contributed by atoms with van der Waals surface area (Å²) >= 11 is 0. The smallest absolute Gasteiger partial charge is 0.353 e. The van der Waals surface area contributed by atoms with Crippen LogP contribution in [0.2, 0.25) is 0 Å². The monoisotopic (exact) mass is 340 g/mol. The van der Waals surface area contributed by atoms with Gasteiger partial charge >= 0.3 is 6.18 Å². The third-order valence-corrected chi connectivity index (χ3v) is 3.76. The van der Waals surface area contributed by atoms with Crippen LogP contribution in [0.5, 0.6) is 0 Å². The maximum atomic E-state index is 12.7. The van der Waals surface area contributed by atoms with Crippen molar-refractivity contribution >= 4 is 11.7 Å². The van der Waals surface area contributed by atoms with Gasteiger partial charge < -0.3 is 9.80 Å². The van der Waals surface area contributed by atoms with E-state index in [1.165, 1.54) is 4.68 Å². The minimum atomic E-state index is -4.50. The SMILES string of the molecule is O=C(Cn1cccn1)N1CCN(c2cc(C(F)(F)F)ncn2)CC1. The average Bonchev–Trinajstić information content (AvgIpc) is 3.07. The third-order valence-electron chi connectivity index (χ3n) is 3.76. The van der Waals surface area contributed by atoms with E-state index in [0.29, 0.717) is 26.2 Å². The number of nitrogens with zero attached hydrogens (tertiary/aromatic N) is 6. The van der Waals surface area contributed by atoms with Gasteiger partial charge in [-0.25, -0.2) is 9.97 Å². The number of amides is 1. The van der Waals surface area contributed by atoms with Crippen LogP contribution in [0.3, 0.4) is 0 Å². The second-order valence-corrected chi connectivity index (χ2v) is 5.33. The van der Waals surface area contributed by atoms with E-state index in [4.69, 9.17) is 0 Å². The average molecular weight is 340 g/mol. The van der Waals surface area contributed by atoms with Crippen molar-refractivity contribution in [2.24, 2.45) is 0 Å². The highest BCUT2D eigenvalue weighted by Gasteiger charge is 2.33. The fourth-order valence-electron chi connectivity index (χ4n) is 2.49. The number of halogens is 3. The van der Waals surface area contributed by atoms with Crippen molar-refractivity contribution in [3.8, 4) is 0 Å². The van der Waals surface area contributed by atoms with Gasteiger partial charge in [0.25, 0.3) is 0 Å². The second-order valence-electron chi connectivity index (χ2n) is 5.33. The second kappa shape index (κ2) is 6.46. The first kappa shape index (κ1) is 16.2. The Kier molecular flexibility index (Phi) is 4.36. The van der Waals surface area contributed by atoms with E-state index in [9.17, 15) is 18.0 Å². The fraction of sp³-hybridized carbons (Fsp3) is 0.429. The lowest BCUT2D eigenvalue weighted by atomic mass is 10.3. The molecule has 2 aromatic rings. The molecule has 1 saturated heterocycles. The summed E-state index contributed by atoms with van der Waals surface area (Å²) in [5.41, 5.74) is -0.968. The Morgan fingerprint density at radius 1 is 1.17 bits per heavy atom. The number of aromatic nitrogens is 4. The van der Waals surface area contributed by atoms with Crippen LogP contribution in [0.4, 0.5) is 19.0 Å². The summed E-state index contributed by atoms with van der Waals surface area (Å²) in [6.07, 6.45) is -0.293. The van der Waals surface area contributed by atoms with Gasteiger partial charge in [-0.2, -0.15) is 18.3 Å². The van der Waals surface area contributed by atoms with E-state index in [-0.39, 0.29) is 18.3 Å². The fourth-order valence-corrected chi connectivity index (χ4v) is 2.49. The van der Waals surface area contributed by atoms with Crippen LogP contribution in [-0.2, 0) is 17.5 Å². The maximum absolute atomic E-state index is 12.7. The lowest BCUT2D eigenvalue weighted by Crippen LogP contribution is -2.50. The van der Waals surface area contributed by atoms with Crippen molar-refractivity contribution in [1.29, 1.82) is 0 Å². The molecule has 0 aromatic carbocycles. The molecule has 0 unspecified atom stereocenters. The highest BCUT2D eigenvalue weighted by Crippen LogP contribution is 2.29. The molecule has 7 nitrogen and oxygen atoms in total. The van der Waals surface area contributed by atoms with Gasteiger partial charge in [0, 0.05) is 44.6 Å². The Bertz CT molecular complexity index is 695. The van der Waals surface area contributed by atoms with Gasteiger partial charge in [0.15, 0.2) is 0 Å². The Morgan fingerprint density at radius 2 is 1.92 bits per heavy atom. The summed E-state index contributed by atoms with van der Waals surface area (Å²) < 4.78 is 39.7. The highest BCUT2D eigenvalue weighted by molar-refractivity contribution is 5.76. The zero-order valence-electron chi connectivity index (χ0n) is 12.6. The topological polar surface area (TPSA) is 67.2 Å². The van der Waals surface area contributed by atoms with E-state index >= 15 is 0 Å². The number of piperazine rings is 1. The molecule has 3 rings (SSSR count). The summed E-state index contributed by atoms with van der Waals surface area (Å²) in [5, 5.41) is 3.98. The number of alkyl halides is 3. The predicted octanol–water partition coefficient (Wildman–Crippen LogP) is 1.04. The Balaban J connectivity index is 1.60. The molecular formula is C14H15F3N6O. The van der Waals surface area contributed by atoms with Gasteiger partial charge in [0.05, 0.1) is 0 Å². The molecule has 128 valence electrons. The minimum Gasteiger partial charge on any atom is -0.353 e. The standard InChI is InChI=1S/C14H15F3N6O/c15-14(16,17)11-8-12(19-10-18-11)21-4-6-22(7-5-21)13(24)9-23-3-1-2-20-23/h1-3,8,10H,4-7,9H2. The summed E-state index contributed by atoms with van der Waals surface area (Å²) in [6.45, 7) is 1.83. The first-order chi connectivity index (χ1) is 11.4. The normalized spacial score (nSPS) is 15.6. The Hall–Kier alpha value is -2.65. The van der Waals surface area contributed by atoms with Gasteiger partial charge in [0.1, 0.15) is 24.4 Å². The van der Waals surface area contributed by atoms with Crippen LogP contribution in [0.25, 0.3) is 0 Å². The quantitative estimate of drug-likeness (QED) is 0.835. The first-order valence-electron chi connectivity index (χ1n) is 7.33. The predicted molar refractivity (Wildman–Crippen MR) is 78.1 cm³/mol. The lowest BCUT2D eigenvalue weighted by Gasteiger charge is -2.35. The summed E-state index contributed by atoms with van der Waals surface area (Å²) in [4.78, 5) is 22.7. The van der Waals surface area contributed by atoms with E-state index in [0.717, 1.165) is 12.4 Å². The van der Waals surface area contributed by atoms with Crippen LogP contribution >= 0.6 is 0 Å². The molecule has 0 spiro atoms. The van der Waals surface area contributed by atoms with Crippen molar-refractivity contribution in [3.63, 3.8) is 0 Å². The number of carbonyl (C=O) groups is 1. The molecule has 0 atom stereocenters. The van der Waals surface area contributed by atoms with Crippen molar-refractivity contribution in [2.45, 2.75) is 12.7 Å². The molecule has 0 bridgehead atoms. The lowest BCUT2D eigenvalue weighted by molar-refractivity contribution is -0.141. The van der Waals surface area contributed by atoms with Crippen molar-refractivity contribution in [3.05, 3.63) is 36.5 Å². The summed E-state index contributed by atoms with van der Waals surface area (Å²) in [5.74, 6) is 0.147. The van der Waals surface area contributed by atoms with E-state index in [1.54, 1.807) is 28.3 Å². The number of carbonyl (C=O) groups excluding carboxylic acids is 1. The zero-order chi connectivity index (χ0) is 17.2. The largest absolute Gasteiger partial charge is 0.433 e. The number of anilines is 1. The van der Waals surface area contributed by atoms with Crippen LogP contribution in [0.1, 0.15) is 5.69 Å². The van der Waals surface area contributed by atoms with Crippen LogP contribution in [0.15, 0.2) is 30.9 Å². The molecule has 2 aromatic heterocycles. The van der Waals surface area contributed by atoms with Crippen molar-refractivity contribution < 1.29 is 18.0 Å². The number of hydrogen-bond donors (Lipinski definition) is 0. The first-order valence-corrected chi connectivity index (χ1v) is 7.33. The molecule has 1 aliphatic heterocycles. The number of rotatable bonds is 3. The molecule has 0 N–H and O–H groups in total. The third kappa shape index (κ3) is 3.63. The molecule has 1 fully saturated rings. The van der Waals surface area contributed by atoms with Crippen LogP contribution in [-0.4, -0.2) is 56.7 Å². The molecule has 0 aliphatic carbocycles. The summed E-state index contributed by atoms with van der Waals surface area (Å²) in [6, 6.07) is 2.67. The zero-order valence-corrected chi connectivity index (χ0v) is 12.6. The van der Waals surface area contributed by atoms with Gasteiger partial charge in [-0.05, 0) is 6.07 Å². The van der Waals surface area contributed by atoms with Gasteiger partial charge in [0.2, 0.25) is 5.91 Å². The minimum absolute atomic E-state index is 0.0722. The molecule has 0 radical (unpaired) electrons. The van der Waals surface area contributed by atoms with Crippen molar-refractivity contribution in [2.75, 3.05) is 31.1 Å². The summed E-state index contributed by atoms with van der Waals surface area (Å²) in [7, 11) is 0.